The summed E-state index contributed by atoms with van der Waals surface area (Å²) in [6, 6.07) is 0. The summed E-state index contributed by atoms with van der Waals surface area (Å²) in [4.78, 5) is 24.6. The molecule has 0 spiro atoms. The summed E-state index contributed by atoms with van der Waals surface area (Å²) in [6.45, 7) is 4.53. The number of carbonyl (C=O) groups excluding carboxylic acids is 1. The molecule has 2 atom stereocenters. The SMILES string of the molecule is CN(C)C(C)(C)CNC(=O)C1CCC(C(=O)O)O1. The van der Waals surface area contributed by atoms with Gasteiger partial charge in [-0.15, -0.1) is 0 Å². The second-order valence-corrected chi connectivity index (χ2v) is 5.45. The minimum absolute atomic E-state index is 0.152. The van der Waals surface area contributed by atoms with Crippen molar-refractivity contribution < 1.29 is 19.4 Å². The molecule has 1 aliphatic rings. The fourth-order valence-corrected chi connectivity index (χ4v) is 1.59. The Morgan fingerprint density at radius 1 is 1.33 bits per heavy atom. The quantitative estimate of drug-likeness (QED) is 0.730. The van der Waals surface area contributed by atoms with Gasteiger partial charge in [-0.05, 0) is 40.8 Å². The second-order valence-electron chi connectivity index (χ2n) is 5.45. The number of carboxylic acid groups (broad SMARTS) is 1. The molecule has 0 aromatic rings. The first-order valence-corrected chi connectivity index (χ1v) is 6.07. The van der Waals surface area contributed by atoms with E-state index in [0.29, 0.717) is 19.4 Å². The molecule has 0 bridgehead atoms. The van der Waals surface area contributed by atoms with Gasteiger partial charge in [-0.1, -0.05) is 0 Å². The largest absolute Gasteiger partial charge is 0.479 e. The van der Waals surface area contributed by atoms with Crippen molar-refractivity contribution in [2.24, 2.45) is 0 Å². The lowest BCUT2D eigenvalue weighted by atomic mass is 10.0. The molecule has 1 heterocycles. The number of carbonyl (C=O) groups is 2. The smallest absolute Gasteiger partial charge is 0.332 e. The number of amides is 1. The Balaban J connectivity index is 2.41. The lowest BCUT2D eigenvalue weighted by molar-refractivity contribution is -0.151. The Morgan fingerprint density at radius 2 is 1.89 bits per heavy atom. The van der Waals surface area contributed by atoms with Gasteiger partial charge in [0.15, 0.2) is 6.10 Å². The van der Waals surface area contributed by atoms with Gasteiger partial charge in [0, 0.05) is 12.1 Å². The first-order chi connectivity index (χ1) is 8.24. The van der Waals surface area contributed by atoms with Crippen molar-refractivity contribution in [3.05, 3.63) is 0 Å². The first kappa shape index (κ1) is 14.9. The van der Waals surface area contributed by atoms with E-state index in [-0.39, 0.29) is 11.4 Å². The molecule has 0 radical (unpaired) electrons. The number of ether oxygens (including phenoxy) is 1. The minimum atomic E-state index is -1.00. The molecular formula is C12H22N2O4. The van der Waals surface area contributed by atoms with Crippen LogP contribution in [0.5, 0.6) is 0 Å². The number of hydrogen-bond acceptors (Lipinski definition) is 4. The van der Waals surface area contributed by atoms with E-state index < -0.39 is 18.2 Å². The highest BCUT2D eigenvalue weighted by molar-refractivity contribution is 5.82. The molecule has 104 valence electrons. The second kappa shape index (κ2) is 5.67. The van der Waals surface area contributed by atoms with Crippen molar-refractivity contribution >= 4 is 11.9 Å². The van der Waals surface area contributed by atoms with Crippen molar-refractivity contribution in [3.63, 3.8) is 0 Å². The topological polar surface area (TPSA) is 78.9 Å². The Labute approximate surface area is 107 Å². The summed E-state index contributed by atoms with van der Waals surface area (Å²) in [5.74, 6) is -1.23. The summed E-state index contributed by atoms with van der Waals surface area (Å²) in [5.41, 5.74) is -0.152. The van der Waals surface area contributed by atoms with Crippen LogP contribution in [0, 0.1) is 0 Å². The maximum absolute atomic E-state index is 11.8. The molecule has 6 heteroatoms. The number of nitrogens with one attached hydrogen (secondary N) is 1. The van der Waals surface area contributed by atoms with Crippen molar-refractivity contribution in [3.8, 4) is 0 Å². The highest BCUT2D eigenvalue weighted by Gasteiger charge is 2.35. The molecule has 0 aromatic heterocycles. The third kappa shape index (κ3) is 3.68. The Morgan fingerprint density at radius 3 is 2.33 bits per heavy atom. The molecule has 0 saturated carbocycles. The molecule has 2 unspecified atom stereocenters. The number of nitrogens with zero attached hydrogens (tertiary/aromatic N) is 1. The van der Waals surface area contributed by atoms with Crippen LogP contribution in [0.25, 0.3) is 0 Å². The average Bonchev–Trinajstić information content (AvgIpc) is 2.75. The third-order valence-corrected chi connectivity index (χ3v) is 3.49. The van der Waals surface area contributed by atoms with E-state index in [9.17, 15) is 9.59 Å². The van der Waals surface area contributed by atoms with Crippen molar-refractivity contribution in [2.75, 3.05) is 20.6 Å². The van der Waals surface area contributed by atoms with Gasteiger partial charge in [0.25, 0.3) is 0 Å². The molecule has 1 rings (SSSR count). The van der Waals surface area contributed by atoms with Crippen LogP contribution < -0.4 is 5.32 Å². The average molecular weight is 258 g/mol. The Hall–Kier alpha value is -1.14. The lowest BCUT2D eigenvalue weighted by Crippen LogP contribution is -2.50. The number of hydrogen-bond donors (Lipinski definition) is 2. The van der Waals surface area contributed by atoms with Gasteiger partial charge < -0.3 is 20.1 Å². The standard InChI is InChI=1S/C12H22N2O4/c1-12(2,14(3)4)7-13-10(15)8-5-6-9(18-8)11(16)17/h8-9H,5-7H2,1-4H3,(H,13,15)(H,16,17). The maximum Gasteiger partial charge on any atom is 0.332 e. The van der Waals surface area contributed by atoms with Crippen LogP contribution in [-0.2, 0) is 14.3 Å². The molecule has 1 aliphatic heterocycles. The van der Waals surface area contributed by atoms with Crippen LogP contribution in [0.2, 0.25) is 0 Å². The van der Waals surface area contributed by atoms with Crippen molar-refractivity contribution in [2.45, 2.75) is 44.4 Å². The van der Waals surface area contributed by atoms with E-state index >= 15 is 0 Å². The van der Waals surface area contributed by atoms with E-state index in [0.717, 1.165) is 0 Å². The van der Waals surface area contributed by atoms with Gasteiger partial charge in [-0.2, -0.15) is 0 Å². The van der Waals surface area contributed by atoms with E-state index in [1.165, 1.54) is 0 Å². The summed E-state index contributed by atoms with van der Waals surface area (Å²) >= 11 is 0. The highest BCUT2D eigenvalue weighted by Crippen LogP contribution is 2.20. The fraction of sp³-hybridized carbons (Fsp3) is 0.833. The maximum atomic E-state index is 11.8. The fourth-order valence-electron chi connectivity index (χ4n) is 1.59. The zero-order chi connectivity index (χ0) is 13.9. The number of likely N-dealkylation sites (N-methyl/N-ethyl adjacent to an activating group) is 1. The zero-order valence-corrected chi connectivity index (χ0v) is 11.4. The van der Waals surface area contributed by atoms with Crippen molar-refractivity contribution in [1.29, 1.82) is 0 Å². The van der Waals surface area contributed by atoms with Gasteiger partial charge in [0.2, 0.25) is 5.91 Å². The molecule has 18 heavy (non-hydrogen) atoms. The van der Waals surface area contributed by atoms with Crippen LogP contribution in [0.15, 0.2) is 0 Å². The van der Waals surface area contributed by atoms with E-state index in [4.69, 9.17) is 9.84 Å². The summed E-state index contributed by atoms with van der Waals surface area (Å²) in [7, 11) is 3.89. The van der Waals surface area contributed by atoms with Crippen LogP contribution >= 0.6 is 0 Å². The number of aliphatic carboxylic acids is 1. The molecule has 1 fully saturated rings. The van der Waals surface area contributed by atoms with Gasteiger partial charge in [-0.25, -0.2) is 4.79 Å². The monoisotopic (exact) mass is 258 g/mol. The summed E-state index contributed by atoms with van der Waals surface area (Å²) in [5, 5.41) is 11.6. The molecule has 2 N–H and O–H groups in total. The third-order valence-electron chi connectivity index (χ3n) is 3.49. The van der Waals surface area contributed by atoms with Crippen LogP contribution in [0.1, 0.15) is 26.7 Å². The lowest BCUT2D eigenvalue weighted by Gasteiger charge is -2.32. The predicted molar refractivity (Wildman–Crippen MR) is 66.3 cm³/mol. The van der Waals surface area contributed by atoms with E-state index in [1.54, 1.807) is 0 Å². The molecule has 0 aliphatic carbocycles. The Bertz CT molecular complexity index is 328. The van der Waals surface area contributed by atoms with Gasteiger partial charge in [0.05, 0.1) is 0 Å². The molecule has 1 amide bonds. The first-order valence-electron chi connectivity index (χ1n) is 6.07. The van der Waals surface area contributed by atoms with Gasteiger partial charge in [-0.3, -0.25) is 4.79 Å². The van der Waals surface area contributed by atoms with Gasteiger partial charge in [0.1, 0.15) is 6.10 Å². The molecule has 6 nitrogen and oxygen atoms in total. The van der Waals surface area contributed by atoms with Crippen molar-refractivity contribution in [1.82, 2.24) is 10.2 Å². The van der Waals surface area contributed by atoms with E-state index in [1.807, 2.05) is 32.8 Å². The molecule has 0 aromatic carbocycles. The van der Waals surface area contributed by atoms with E-state index in [2.05, 4.69) is 5.32 Å². The van der Waals surface area contributed by atoms with Crippen LogP contribution in [0.3, 0.4) is 0 Å². The normalized spacial score (nSPS) is 24.3. The van der Waals surface area contributed by atoms with Gasteiger partial charge >= 0.3 is 5.97 Å². The molecule has 1 saturated heterocycles. The number of rotatable bonds is 5. The zero-order valence-electron chi connectivity index (χ0n) is 11.4. The number of carboxylic acids is 1. The Kier molecular flexibility index (Phi) is 4.70. The summed E-state index contributed by atoms with van der Waals surface area (Å²) < 4.78 is 5.19. The predicted octanol–water partition coefficient (Wildman–Crippen LogP) is 0.0750. The van der Waals surface area contributed by atoms with Crippen LogP contribution in [-0.4, -0.2) is 60.3 Å². The molecular weight excluding hydrogens is 236 g/mol. The van der Waals surface area contributed by atoms with Crippen LogP contribution in [0.4, 0.5) is 0 Å². The summed E-state index contributed by atoms with van der Waals surface area (Å²) in [6.07, 6.45) is -0.623. The minimum Gasteiger partial charge on any atom is -0.479 e. The highest BCUT2D eigenvalue weighted by atomic mass is 16.5.